The molecule has 0 atom stereocenters. The second-order valence-electron chi connectivity index (χ2n) is 3.30. The molecule has 18 heavy (non-hydrogen) atoms. The second kappa shape index (κ2) is 5.05. The van der Waals surface area contributed by atoms with Gasteiger partial charge in [-0.25, -0.2) is 8.78 Å². The number of nitrogens with zero attached hydrogens (tertiary/aromatic N) is 2. The molecule has 0 aliphatic carbocycles. The highest BCUT2D eigenvalue weighted by molar-refractivity contribution is 6.29. The molecule has 4 nitrogen and oxygen atoms in total. The van der Waals surface area contributed by atoms with E-state index in [1.54, 1.807) is 0 Å². The van der Waals surface area contributed by atoms with Crippen LogP contribution in [0, 0.1) is 11.6 Å². The van der Waals surface area contributed by atoms with Crippen molar-refractivity contribution < 1.29 is 13.6 Å². The molecule has 1 aromatic heterocycles. The van der Waals surface area contributed by atoms with Crippen LogP contribution in [0.1, 0.15) is 10.4 Å². The molecule has 1 N–H and O–H groups in total. The SMILES string of the molecule is O=C(Nc1ccc(Cl)nn1)c1cccc(F)c1F. The molecule has 1 amide bonds. The molecular weight excluding hydrogens is 264 g/mol. The van der Waals surface area contributed by atoms with Crippen LogP contribution in [0.3, 0.4) is 0 Å². The summed E-state index contributed by atoms with van der Waals surface area (Å²) in [4.78, 5) is 11.7. The minimum Gasteiger partial charge on any atom is -0.305 e. The Balaban J connectivity index is 2.22. The summed E-state index contributed by atoms with van der Waals surface area (Å²) in [6.45, 7) is 0. The normalized spacial score (nSPS) is 10.2. The van der Waals surface area contributed by atoms with Crippen molar-refractivity contribution in [3.8, 4) is 0 Å². The van der Waals surface area contributed by atoms with Crippen LogP contribution in [0.15, 0.2) is 30.3 Å². The van der Waals surface area contributed by atoms with Crippen molar-refractivity contribution in [1.29, 1.82) is 0 Å². The van der Waals surface area contributed by atoms with E-state index < -0.39 is 23.1 Å². The molecule has 0 unspecified atom stereocenters. The predicted octanol–water partition coefficient (Wildman–Crippen LogP) is 2.66. The molecule has 1 heterocycles. The maximum atomic E-state index is 13.3. The van der Waals surface area contributed by atoms with Gasteiger partial charge >= 0.3 is 0 Å². The molecule has 0 aliphatic rings. The van der Waals surface area contributed by atoms with E-state index in [-0.39, 0.29) is 11.0 Å². The van der Waals surface area contributed by atoms with Gasteiger partial charge in [-0.3, -0.25) is 4.79 Å². The van der Waals surface area contributed by atoms with E-state index in [1.807, 2.05) is 0 Å². The number of aromatic nitrogens is 2. The van der Waals surface area contributed by atoms with Gasteiger partial charge in [-0.15, -0.1) is 10.2 Å². The molecule has 0 fully saturated rings. The summed E-state index contributed by atoms with van der Waals surface area (Å²) in [7, 11) is 0. The number of benzene rings is 1. The molecule has 1 aromatic carbocycles. The van der Waals surface area contributed by atoms with Crippen molar-refractivity contribution in [1.82, 2.24) is 10.2 Å². The van der Waals surface area contributed by atoms with Crippen LogP contribution in [0.25, 0.3) is 0 Å². The number of anilines is 1. The van der Waals surface area contributed by atoms with E-state index in [0.29, 0.717) is 0 Å². The molecule has 2 aromatic rings. The van der Waals surface area contributed by atoms with Crippen molar-refractivity contribution in [2.75, 3.05) is 5.32 Å². The number of carbonyl (C=O) groups excluding carboxylic acids is 1. The third-order valence-electron chi connectivity index (χ3n) is 2.07. The standard InChI is InChI=1S/C11H6ClF2N3O/c12-8-4-5-9(17-16-8)15-11(18)6-2-1-3-7(13)10(6)14/h1-5H,(H,15,17,18). The highest BCUT2D eigenvalue weighted by Crippen LogP contribution is 2.13. The fourth-order valence-electron chi connectivity index (χ4n) is 1.25. The zero-order chi connectivity index (χ0) is 13.1. The predicted molar refractivity (Wildman–Crippen MR) is 61.4 cm³/mol. The molecule has 92 valence electrons. The minimum atomic E-state index is -1.21. The number of hydrogen-bond donors (Lipinski definition) is 1. The first-order chi connectivity index (χ1) is 8.58. The van der Waals surface area contributed by atoms with Crippen molar-refractivity contribution in [2.45, 2.75) is 0 Å². The van der Waals surface area contributed by atoms with Crippen molar-refractivity contribution >= 4 is 23.3 Å². The summed E-state index contributed by atoms with van der Waals surface area (Å²) in [5.74, 6) is -3.03. The molecule has 2 rings (SSSR count). The molecule has 0 bridgehead atoms. The van der Waals surface area contributed by atoms with E-state index in [9.17, 15) is 13.6 Å². The summed E-state index contributed by atoms with van der Waals surface area (Å²) in [5, 5.41) is 9.50. The van der Waals surface area contributed by atoms with E-state index in [1.165, 1.54) is 18.2 Å². The van der Waals surface area contributed by atoms with Crippen LogP contribution in [-0.4, -0.2) is 16.1 Å². The summed E-state index contributed by atoms with van der Waals surface area (Å²) in [6, 6.07) is 6.13. The monoisotopic (exact) mass is 269 g/mol. The average Bonchev–Trinajstić information content (AvgIpc) is 2.35. The average molecular weight is 270 g/mol. The molecular formula is C11H6ClF2N3O. The first-order valence-electron chi connectivity index (χ1n) is 4.82. The maximum Gasteiger partial charge on any atom is 0.259 e. The van der Waals surface area contributed by atoms with Crippen molar-refractivity contribution in [3.05, 3.63) is 52.7 Å². The summed E-state index contributed by atoms with van der Waals surface area (Å²) >= 11 is 5.52. The van der Waals surface area contributed by atoms with E-state index >= 15 is 0 Å². The number of amides is 1. The summed E-state index contributed by atoms with van der Waals surface area (Å²) < 4.78 is 26.3. The van der Waals surface area contributed by atoms with Gasteiger partial charge in [-0.1, -0.05) is 17.7 Å². The lowest BCUT2D eigenvalue weighted by molar-refractivity contribution is 0.102. The first kappa shape index (κ1) is 12.4. The highest BCUT2D eigenvalue weighted by atomic mass is 35.5. The molecule has 0 radical (unpaired) electrons. The Hall–Kier alpha value is -2.08. The quantitative estimate of drug-likeness (QED) is 0.912. The third kappa shape index (κ3) is 2.60. The Morgan fingerprint density at radius 1 is 1.17 bits per heavy atom. The summed E-state index contributed by atoms with van der Waals surface area (Å²) in [6.07, 6.45) is 0. The van der Waals surface area contributed by atoms with Gasteiger partial charge in [0.15, 0.2) is 22.6 Å². The van der Waals surface area contributed by atoms with Crippen LogP contribution < -0.4 is 5.32 Å². The van der Waals surface area contributed by atoms with Crippen LogP contribution in [0.4, 0.5) is 14.6 Å². The van der Waals surface area contributed by atoms with Gasteiger partial charge in [0, 0.05) is 0 Å². The Labute approximate surface area is 106 Å². The fourth-order valence-corrected chi connectivity index (χ4v) is 1.35. The van der Waals surface area contributed by atoms with Crippen LogP contribution in [0.5, 0.6) is 0 Å². The maximum absolute atomic E-state index is 13.3. The second-order valence-corrected chi connectivity index (χ2v) is 3.68. The van der Waals surface area contributed by atoms with Crippen molar-refractivity contribution in [2.24, 2.45) is 0 Å². The highest BCUT2D eigenvalue weighted by Gasteiger charge is 2.15. The third-order valence-corrected chi connectivity index (χ3v) is 2.27. The van der Waals surface area contributed by atoms with Gasteiger partial charge in [-0.2, -0.15) is 0 Å². The van der Waals surface area contributed by atoms with Gasteiger partial charge in [-0.05, 0) is 24.3 Å². The molecule has 0 saturated carbocycles. The lowest BCUT2D eigenvalue weighted by Crippen LogP contribution is -2.15. The van der Waals surface area contributed by atoms with E-state index in [2.05, 4.69) is 15.5 Å². The Morgan fingerprint density at radius 2 is 1.94 bits per heavy atom. The zero-order valence-electron chi connectivity index (χ0n) is 8.82. The largest absolute Gasteiger partial charge is 0.305 e. The number of nitrogens with one attached hydrogen (secondary N) is 1. The molecule has 7 heteroatoms. The van der Waals surface area contributed by atoms with E-state index in [4.69, 9.17) is 11.6 Å². The summed E-state index contributed by atoms with van der Waals surface area (Å²) in [5.41, 5.74) is -0.410. The Morgan fingerprint density at radius 3 is 2.61 bits per heavy atom. The van der Waals surface area contributed by atoms with Gasteiger partial charge in [0.1, 0.15) is 0 Å². The number of hydrogen-bond acceptors (Lipinski definition) is 3. The molecule has 0 saturated heterocycles. The molecule has 0 spiro atoms. The van der Waals surface area contributed by atoms with Crippen LogP contribution >= 0.6 is 11.6 Å². The number of rotatable bonds is 2. The van der Waals surface area contributed by atoms with Gasteiger partial charge in [0.2, 0.25) is 0 Å². The van der Waals surface area contributed by atoms with E-state index in [0.717, 1.165) is 12.1 Å². The lowest BCUT2D eigenvalue weighted by Gasteiger charge is -2.04. The fraction of sp³-hybridized carbons (Fsp3) is 0. The van der Waals surface area contributed by atoms with Gasteiger partial charge in [0.05, 0.1) is 5.56 Å². The van der Waals surface area contributed by atoms with Gasteiger partial charge in [0.25, 0.3) is 5.91 Å². The zero-order valence-corrected chi connectivity index (χ0v) is 9.58. The topological polar surface area (TPSA) is 54.9 Å². The number of carbonyl (C=O) groups is 1. The van der Waals surface area contributed by atoms with Crippen molar-refractivity contribution in [3.63, 3.8) is 0 Å². The smallest absolute Gasteiger partial charge is 0.259 e. The minimum absolute atomic E-state index is 0.0908. The van der Waals surface area contributed by atoms with Crippen LogP contribution in [0.2, 0.25) is 5.15 Å². The molecule has 0 aliphatic heterocycles. The Kier molecular flexibility index (Phi) is 3.47. The Bertz CT molecular complexity index is 589. The lowest BCUT2D eigenvalue weighted by atomic mass is 10.2. The van der Waals surface area contributed by atoms with Crippen LogP contribution in [-0.2, 0) is 0 Å². The number of halogens is 3. The van der Waals surface area contributed by atoms with Gasteiger partial charge < -0.3 is 5.32 Å². The first-order valence-corrected chi connectivity index (χ1v) is 5.20.